The molecule has 1 atom stereocenters. The summed E-state index contributed by atoms with van der Waals surface area (Å²) in [5.41, 5.74) is 1.19. The quantitative estimate of drug-likeness (QED) is 0.807. The molecule has 0 aliphatic carbocycles. The van der Waals surface area contributed by atoms with E-state index in [0.29, 0.717) is 12.3 Å². The zero-order chi connectivity index (χ0) is 15.1. The first-order chi connectivity index (χ1) is 10.1. The Morgan fingerprint density at radius 1 is 1.32 bits per heavy atom. The molecule has 1 aliphatic heterocycles. The molecule has 3 nitrogen and oxygen atoms in total. The van der Waals surface area contributed by atoms with Crippen molar-refractivity contribution in [3.63, 3.8) is 0 Å². The van der Waals surface area contributed by atoms with Gasteiger partial charge in [-0.1, -0.05) is 30.3 Å². The van der Waals surface area contributed by atoms with Crippen molar-refractivity contribution in [3.05, 3.63) is 35.9 Å². The van der Waals surface area contributed by atoms with Crippen LogP contribution in [0.5, 0.6) is 0 Å². The number of nitrogens with one attached hydrogen (secondary N) is 2. The molecule has 0 radical (unpaired) electrons. The Morgan fingerprint density at radius 2 is 2.05 bits per heavy atom. The highest BCUT2D eigenvalue weighted by Gasteiger charge is 2.21. The van der Waals surface area contributed by atoms with Crippen LogP contribution in [-0.2, 0) is 11.2 Å². The molecular weight excluding hydrogens is 296 g/mol. The summed E-state index contributed by atoms with van der Waals surface area (Å²) in [5.74, 6) is 0.878. The van der Waals surface area contributed by atoms with E-state index >= 15 is 0 Å². The predicted octanol–water partition coefficient (Wildman–Crippen LogP) is 3.33. The van der Waals surface area contributed by atoms with E-state index in [1.54, 1.807) is 0 Å². The summed E-state index contributed by atoms with van der Waals surface area (Å²) in [7, 11) is 0. The Labute approximate surface area is 140 Å². The zero-order valence-electron chi connectivity index (χ0n) is 13.7. The van der Waals surface area contributed by atoms with Gasteiger partial charge < -0.3 is 10.6 Å². The fourth-order valence-corrected chi connectivity index (χ4v) is 2.90. The molecule has 1 aromatic rings. The molecule has 0 bridgehead atoms. The molecule has 4 heteroatoms. The first-order valence-electron chi connectivity index (χ1n) is 8.11. The summed E-state index contributed by atoms with van der Waals surface area (Å²) >= 11 is 0. The normalized spacial score (nSPS) is 17.8. The zero-order valence-corrected chi connectivity index (χ0v) is 14.5. The lowest BCUT2D eigenvalue weighted by atomic mass is 9.94. The minimum atomic E-state index is -0.138. The molecule has 2 N–H and O–H groups in total. The first-order valence-corrected chi connectivity index (χ1v) is 8.11. The molecule has 0 aromatic heterocycles. The second-order valence-corrected chi connectivity index (χ2v) is 6.82. The number of hydrogen-bond acceptors (Lipinski definition) is 2. The van der Waals surface area contributed by atoms with Gasteiger partial charge in [0.1, 0.15) is 0 Å². The van der Waals surface area contributed by atoms with Crippen LogP contribution >= 0.6 is 12.4 Å². The van der Waals surface area contributed by atoms with E-state index in [-0.39, 0.29) is 23.9 Å². The third-order valence-electron chi connectivity index (χ3n) is 4.30. The molecule has 1 fully saturated rings. The molecule has 0 saturated carbocycles. The molecule has 22 heavy (non-hydrogen) atoms. The number of amides is 1. The maximum Gasteiger partial charge on any atom is 0.220 e. The Balaban J connectivity index is 0.00000242. The second-order valence-electron chi connectivity index (χ2n) is 6.82. The van der Waals surface area contributed by atoms with Crippen molar-refractivity contribution < 1.29 is 4.79 Å². The van der Waals surface area contributed by atoms with E-state index in [9.17, 15) is 4.79 Å². The average molecular weight is 325 g/mol. The summed E-state index contributed by atoms with van der Waals surface area (Å²) in [6.45, 7) is 6.41. The topological polar surface area (TPSA) is 41.1 Å². The fraction of sp³-hybridized carbons (Fsp3) is 0.611. The molecule has 1 unspecified atom stereocenters. The molecule has 124 valence electrons. The van der Waals surface area contributed by atoms with Gasteiger partial charge in [-0.25, -0.2) is 0 Å². The maximum atomic E-state index is 12.1. The molecule has 1 aliphatic rings. The van der Waals surface area contributed by atoms with Gasteiger partial charge in [-0.05, 0) is 64.1 Å². The van der Waals surface area contributed by atoms with Gasteiger partial charge in [-0.3, -0.25) is 4.79 Å². The van der Waals surface area contributed by atoms with E-state index in [4.69, 9.17) is 0 Å². The fourth-order valence-electron chi connectivity index (χ4n) is 2.90. The van der Waals surface area contributed by atoms with E-state index in [0.717, 1.165) is 32.4 Å². The Hall–Kier alpha value is -1.06. The van der Waals surface area contributed by atoms with Crippen molar-refractivity contribution in [1.29, 1.82) is 0 Å². The summed E-state index contributed by atoms with van der Waals surface area (Å²) in [6.07, 6.45) is 4.84. The molecule has 2 rings (SSSR count). The average Bonchev–Trinajstić information content (AvgIpc) is 2.97. The lowest BCUT2D eigenvalue weighted by molar-refractivity contribution is -0.123. The van der Waals surface area contributed by atoms with Crippen molar-refractivity contribution in [2.45, 2.75) is 51.5 Å². The number of aryl methyl sites for hydroxylation is 1. The van der Waals surface area contributed by atoms with Crippen molar-refractivity contribution in [2.75, 3.05) is 13.1 Å². The molecule has 0 spiro atoms. The highest BCUT2D eigenvalue weighted by atomic mass is 35.5. The van der Waals surface area contributed by atoms with Crippen LogP contribution < -0.4 is 10.6 Å². The lowest BCUT2D eigenvalue weighted by Crippen LogP contribution is -2.43. The van der Waals surface area contributed by atoms with Gasteiger partial charge in [0, 0.05) is 12.0 Å². The summed E-state index contributed by atoms with van der Waals surface area (Å²) < 4.78 is 0. The molecule has 1 amide bonds. The summed E-state index contributed by atoms with van der Waals surface area (Å²) in [6, 6.07) is 10.5. The molecule has 1 heterocycles. The molecule has 1 saturated heterocycles. The third-order valence-corrected chi connectivity index (χ3v) is 4.30. The molecule has 1 aromatic carbocycles. The highest BCUT2D eigenvalue weighted by Crippen LogP contribution is 2.17. The summed E-state index contributed by atoms with van der Waals surface area (Å²) in [5, 5.41) is 6.54. The number of rotatable bonds is 7. The van der Waals surface area contributed by atoms with Gasteiger partial charge in [-0.15, -0.1) is 12.4 Å². The van der Waals surface area contributed by atoms with Crippen LogP contribution in [0, 0.1) is 5.92 Å². The number of halogens is 1. The minimum Gasteiger partial charge on any atom is -0.351 e. The van der Waals surface area contributed by atoms with Crippen LogP contribution in [0.25, 0.3) is 0 Å². The van der Waals surface area contributed by atoms with Crippen LogP contribution in [0.15, 0.2) is 30.3 Å². The van der Waals surface area contributed by atoms with E-state index in [1.807, 2.05) is 6.07 Å². The van der Waals surface area contributed by atoms with Crippen LogP contribution in [0.4, 0.5) is 0 Å². The maximum absolute atomic E-state index is 12.1. The number of benzene rings is 1. The Morgan fingerprint density at radius 3 is 2.68 bits per heavy atom. The van der Waals surface area contributed by atoms with Crippen molar-refractivity contribution in [2.24, 2.45) is 5.92 Å². The van der Waals surface area contributed by atoms with Crippen molar-refractivity contribution in [3.8, 4) is 0 Å². The molecular formula is C18H29ClN2O. The smallest absolute Gasteiger partial charge is 0.220 e. The predicted molar refractivity (Wildman–Crippen MR) is 94.4 cm³/mol. The summed E-state index contributed by atoms with van der Waals surface area (Å²) in [4.78, 5) is 12.1. The number of carbonyl (C=O) groups is 1. The first kappa shape index (κ1) is 19.0. The van der Waals surface area contributed by atoms with Gasteiger partial charge >= 0.3 is 0 Å². The van der Waals surface area contributed by atoms with Crippen molar-refractivity contribution in [1.82, 2.24) is 10.6 Å². The monoisotopic (exact) mass is 324 g/mol. The van der Waals surface area contributed by atoms with E-state index < -0.39 is 0 Å². The largest absolute Gasteiger partial charge is 0.351 e. The Bertz CT molecular complexity index is 442. The SMILES string of the molecule is CC(C)(CCc1ccccc1)NC(=O)CCC1CCNC1.Cl. The van der Waals surface area contributed by atoms with E-state index in [2.05, 4.69) is 48.7 Å². The van der Waals surface area contributed by atoms with Crippen LogP contribution in [0.3, 0.4) is 0 Å². The number of hydrogen-bond donors (Lipinski definition) is 2. The lowest BCUT2D eigenvalue weighted by Gasteiger charge is -2.26. The van der Waals surface area contributed by atoms with Crippen LogP contribution in [0.2, 0.25) is 0 Å². The van der Waals surface area contributed by atoms with Gasteiger partial charge in [0.2, 0.25) is 5.91 Å². The standard InChI is InChI=1S/C18H28N2O.ClH/c1-18(2,12-10-15-6-4-3-5-7-15)20-17(21)9-8-16-11-13-19-14-16;/h3-7,16,19H,8-14H2,1-2H3,(H,20,21);1H. The second kappa shape index (κ2) is 9.16. The highest BCUT2D eigenvalue weighted by molar-refractivity contribution is 5.85. The van der Waals surface area contributed by atoms with Crippen molar-refractivity contribution >= 4 is 18.3 Å². The van der Waals surface area contributed by atoms with Crippen LogP contribution in [-0.4, -0.2) is 24.5 Å². The Kier molecular flexibility index (Phi) is 7.91. The van der Waals surface area contributed by atoms with Crippen LogP contribution in [0.1, 0.15) is 45.1 Å². The van der Waals surface area contributed by atoms with E-state index in [1.165, 1.54) is 12.0 Å². The van der Waals surface area contributed by atoms with Gasteiger partial charge in [-0.2, -0.15) is 0 Å². The minimum absolute atomic E-state index is 0. The number of carbonyl (C=O) groups excluding carboxylic acids is 1. The van der Waals surface area contributed by atoms with Gasteiger partial charge in [0.15, 0.2) is 0 Å². The van der Waals surface area contributed by atoms with Gasteiger partial charge in [0.05, 0.1) is 0 Å². The third kappa shape index (κ3) is 6.80. The van der Waals surface area contributed by atoms with Gasteiger partial charge in [0.25, 0.3) is 0 Å².